The van der Waals surface area contributed by atoms with E-state index in [2.05, 4.69) is 0 Å². The zero-order valence-corrected chi connectivity index (χ0v) is 18.3. The monoisotopic (exact) mass is 427 g/mol. The normalized spacial score (nSPS) is 8.57. The van der Waals surface area contributed by atoms with Crippen LogP contribution in [0, 0.1) is 20.5 Å². The molecule has 0 radical (unpaired) electrons. The summed E-state index contributed by atoms with van der Waals surface area (Å²) < 4.78 is 65.4. The summed E-state index contributed by atoms with van der Waals surface area (Å²) in [4.78, 5) is 0. The number of hydrogen-bond donors (Lipinski definition) is 2. The third kappa shape index (κ3) is 177. The van der Waals surface area contributed by atoms with Crippen LogP contribution >= 0.6 is 0 Å². The summed E-state index contributed by atoms with van der Waals surface area (Å²) in [5.41, 5.74) is 0. The molecule has 14 heteroatoms. The molecule has 0 aromatic carbocycles. The first-order chi connectivity index (χ1) is 4.00. The van der Waals surface area contributed by atoms with Crippen LogP contribution in [0.4, 0.5) is 0 Å². The molecular formula is H5Cl2K2MoO8Ti+3. The van der Waals surface area contributed by atoms with Crippen molar-refractivity contribution in [1.29, 1.82) is 0 Å². The molecule has 0 aromatic heterocycles. The van der Waals surface area contributed by atoms with Crippen molar-refractivity contribution in [2.45, 2.75) is 0 Å². The van der Waals surface area contributed by atoms with E-state index in [0.29, 0.717) is 0 Å². The van der Waals surface area contributed by atoms with Gasteiger partial charge in [0.05, 0.1) is 29.8 Å². The van der Waals surface area contributed by atoms with E-state index in [-0.39, 0.29) is 150 Å². The first kappa shape index (κ1) is 36.4. The van der Waals surface area contributed by atoms with Gasteiger partial charge in [-0.1, -0.05) is 0 Å². The van der Waals surface area contributed by atoms with Gasteiger partial charge in [0, 0.05) is 21.1 Å². The molecule has 0 aliphatic carbocycles. The third-order valence-electron chi connectivity index (χ3n) is 0. The summed E-state index contributed by atoms with van der Waals surface area (Å²) in [6.07, 6.45) is 0. The summed E-state index contributed by atoms with van der Waals surface area (Å²) in [5, 5.41) is 0. The molecule has 2 N–H and O–H groups in total. The molecule has 0 heterocycles. The molecule has 8 nitrogen and oxygen atoms in total. The summed E-state index contributed by atoms with van der Waals surface area (Å²) in [6, 6.07) is 0. The molecule has 0 amide bonds. The average molecular weight is 426 g/mol. The van der Waals surface area contributed by atoms with Crippen molar-refractivity contribution in [3.63, 3.8) is 0 Å². The van der Waals surface area contributed by atoms with E-state index in [1.165, 1.54) is 0 Å². The van der Waals surface area contributed by atoms with E-state index in [0.717, 1.165) is 0 Å². The largest absolute Gasteiger partial charge is 4.00 e. The van der Waals surface area contributed by atoms with Crippen LogP contribution in [0.1, 0.15) is 4.28 Å². The van der Waals surface area contributed by atoms with Crippen LogP contribution < -0.4 is 131 Å². The van der Waals surface area contributed by atoms with Crippen molar-refractivity contribution >= 4 is 0 Å². The number of rotatable bonds is 0. The van der Waals surface area contributed by atoms with Crippen LogP contribution in [-0.4, -0.2) is 9.32 Å². The second-order valence-electron chi connectivity index (χ2n) is 0.792. The van der Waals surface area contributed by atoms with Gasteiger partial charge in [-0.2, -0.15) is 28.0 Å². The molecule has 0 aliphatic heterocycles. The van der Waals surface area contributed by atoms with Crippen molar-refractivity contribution in [2.75, 3.05) is 0 Å². The maximum atomic E-state index is 8.60. The molecule has 0 rings (SSSR count). The maximum absolute atomic E-state index is 8.60. The predicted molar refractivity (Wildman–Crippen MR) is 7.77 cm³/mol. The Morgan fingerprint density at radius 2 is 0.714 bits per heavy atom. The van der Waals surface area contributed by atoms with Gasteiger partial charge in [0.2, 0.25) is 0 Å². The van der Waals surface area contributed by atoms with Gasteiger partial charge in [0.1, 0.15) is 0 Å². The molecule has 0 saturated heterocycles. The molecule has 14 heavy (non-hydrogen) atoms. The second kappa shape index (κ2) is 17.9. The molecule has 76 valence electrons. The fourth-order valence-corrected chi connectivity index (χ4v) is 0. The van der Waals surface area contributed by atoms with Crippen LogP contribution in [-0.2, 0) is 42.8 Å². The maximum Gasteiger partial charge on any atom is 4.00 e. The van der Waals surface area contributed by atoms with Crippen LogP contribution in [0.2, 0.25) is 0 Å². The average Bonchev–Trinajstić information content (AvgIpc) is 1.12. The van der Waals surface area contributed by atoms with Gasteiger partial charge in [-0.3, -0.25) is 0 Å². The topological polar surface area (TPSA) is 179 Å². The molecule has 0 aliphatic rings. The smallest absolute Gasteiger partial charge is 1.00 e. The Morgan fingerprint density at radius 1 is 0.714 bits per heavy atom. The Morgan fingerprint density at radius 3 is 0.714 bits per heavy atom. The van der Waals surface area contributed by atoms with Crippen LogP contribution in [0.3, 0.4) is 0 Å². The molecule has 0 saturated carbocycles. The Bertz CT molecular complexity index is 79.8. The fourth-order valence-electron chi connectivity index (χ4n) is 0. The van der Waals surface area contributed by atoms with Crippen LogP contribution in [0.5, 0.6) is 0 Å². The molecule has 0 atom stereocenters. The van der Waals surface area contributed by atoms with Crippen molar-refractivity contribution in [1.82, 2.24) is 0 Å². The van der Waals surface area contributed by atoms with E-state index < -0.39 is 20.5 Å². The van der Waals surface area contributed by atoms with Gasteiger partial charge in [-0.15, -0.1) is 0 Å². The Kier molecular flexibility index (Phi) is 46.6. The van der Waals surface area contributed by atoms with Gasteiger partial charge < -0.3 is 4.28 Å². The number of hydrogen-bond acceptors (Lipinski definition) is 8. The Hall–Kier alpha value is 4.94. The molecule has 0 aromatic rings. The van der Waals surface area contributed by atoms with E-state index >= 15 is 0 Å². The quantitative estimate of drug-likeness (QED) is 0.359. The molecule has 0 bridgehead atoms. The van der Waals surface area contributed by atoms with Crippen LogP contribution in [0.25, 0.3) is 0 Å². The minimum atomic E-state index is -4.69. The van der Waals surface area contributed by atoms with Crippen molar-refractivity contribution in [2.24, 2.45) is 0 Å². The zero-order valence-electron chi connectivity index (χ0n) is 10.0. The number of halogens is 2. The summed E-state index contributed by atoms with van der Waals surface area (Å²) in [7, 11) is -9.39. The summed E-state index contributed by atoms with van der Waals surface area (Å²) >= 11 is 0. The third-order valence-corrected chi connectivity index (χ3v) is 0. The SMILES string of the molecule is [H-].[H-].[H-].[K+].[K+].[Mo].[O-][Cl+3]([O-])([O-])O.[O-][Cl+3]([O-])([O-])O.[Ti+4]. The molecule has 0 fully saturated rings. The Balaban J connectivity index is -0.00000000762. The Labute approximate surface area is 202 Å². The van der Waals surface area contributed by atoms with Gasteiger partial charge in [-0.25, -0.2) is 0 Å². The first-order valence-electron chi connectivity index (χ1n) is 1.26. The molecule has 0 unspecified atom stereocenters. The van der Waals surface area contributed by atoms with E-state index in [1.54, 1.807) is 0 Å². The zero-order chi connectivity index (χ0) is 9.00. The minimum absolute atomic E-state index is 0. The molecule has 0 spiro atoms. The predicted octanol–water partition coefficient (Wildman–Crippen LogP) is -13.9. The fraction of sp³-hybridized carbons (Fsp3) is 0. The van der Waals surface area contributed by atoms with E-state index in [4.69, 9.17) is 37.3 Å². The first-order valence-corrected chi connectivity index (χ1v) is 3.79. The molecular weight excluding hydrogens is 421 g/mol. The van der Waals surface area contributed by atoms with Crippen molar-refractivity contribution in [3.05, 3.63) is 0 Å². The van der Waals surface area contributed by atoms with Gasteiger partial charge in [0.15, 0.2) is 0 Å². The minimum Gasteiger partial charge on any atom is -1.00 e. The van der Waals surface area contributed by atoms with Crippen molar-refractivity contribution < 1.29 is 208 Å². The summed E-state index contributed by atoms with van der Waals surface area (Å²) in [6.45, 7) is 0. The standard InChI is InChI=1S/2ClHO4.2K.Mo.Ti.3H/c2*2-1(3,4)5;;;;;;;/h2*(H,2,3,4,5);;;;;;;/q;;2*+1;;+4;3*-1. The van der Waals surface area contributed by atoms with E-state index in [9.17, 15) is 0 Å². The van der Waals surface area contributed by atoms with Gasteiger partial charge >= 0.3 is 124 Å². The van der Waals surface area contributed by atoms with Gasteiger partial charge in [-0.05, 0) is 0 Å². The van der Waals surface area contributed by atoms with Crippen molar-refractivity contribution in [3.8, 4) is 0 Å². The van der Waals surface area contributed by atoms with E-state index in [1.807, 2.05) is 0 Å². The van der Waals surface area contributed by atoms with Crippen LogP contribution in [0.15, 0.2) is 0 Å². The second-order valence-corrected chi connectivity index (χ2v) is 2.38. The summed E-state index contributed by atoms with van der Waals surface area (Å²) in [5.74, 6) is 0. The van der Waals surface area contributed by atoms with Gasteiger partial charge in [0.25, 0.3) is 0 Å².